The van der Waals surface area contributed by atoms with Gasteiger partial charge in [-0.25, -0.2) is 4.68 Å². The van der Waals surface area contributed by atoms with Gasteiger partial charge in [0.1, 0.15) is 5.75 Å². The predicted octanol–water partition coefficient (Wildman–Crippen LogP) is 3.07. The minimum Gasteiger partial charge on any atom is -0.497 e. The summed E-state index contributed by atoms with van der Waals surface area (Å²) in [7, 11) is 1.71. The minimum atomic E-state index is 0.304. The maximum absolute atomic E-state index is 5.27. The molecule has 2 fully saturated rings. The number of ether oxygens (including phenoxy) is 1. The standard InChI is InChI=1S/C20H30N6O/c1-3-19(20-21-22-23-26(20)17-6-4-5-7-17)25-14-12-24(13-15-25)16-8-10-18(27-2)11-9-16/h8-11,17,19H,3-7,12-15H2,1-2H3. The zero-order chi connectivity index (χ0) is 18.6. The number of benzene rings is 1. The second kappa shape index (κ2) is 8.25. The monoisotopic (exact) mass is 370 g/mol. The molecule has 27 heavy (non-hydrogen) atoms. The van der Waals surface area contributed by atoms with E-state index in [1.165, 1.54) is 31.4 Å². The summed E-state index contributed by atoms with van der Waals surface area (Å²) in [6.45, 7) is 6.35. The van der Waals surface area contributed by atoms with Crippen LogP contribution in [0.2, 0.25) is 0 Å². The van der Waals surface area contributed by atoms with Crippen LogP contribution in [0.1, 0.15) is 56.9 Å². The molecule has 0 radical (unpaired) electrons. The molecule has 2 heterocycles. The van der Waals surface area contributed by atoms with Crippen LogP contribution in [0.3, 0.4) is 0 Å². The van der Waals surface area contributed by atoms with Crippen LogP contribution in [-0.4, -0.2) is 58.4 Å². The molecule has 0 bridgehead atoms. The number of tetrazole rings is 1. The third kappa shape index (κ3) is 3.78. The first kappa shape index (κ1) is 18.2. The van der Waals surface area contributed by atoms with Crippen molar-refractivity contribution in [2.45, 2.75) is 51.1 Å². The first-order valence-electron chi connectivity index (χ1n) is 10.2. The Bertz CT molecular complexity index is 716. The van der Waals surface area contributed by atoms with Crippen LogP contribution < -0.4 is 9.64 Å². The highest BCUT2D eigenvalue weighted by molar-refractivity contribution is 5.49. The molecule has 1 saturated carbocycles. The van der Waals surface area contributed by atoms with Crippen molar-refractivity contribution in [3.8, 4) is 5.75 Å². The third-order valence-corrected chi connectivity index (χ3v) is 6.07. The Hall–Kier alpha value is -2.15. The molecule has 1 unspecified atom stereocenters. The molecular formula is C20H30N6O. The Morgan fingerprint density at radius 3 is 2.41 bits per heavy atom. The Morgan fingerprint density at radius 1 is 1.07 bits per heavy atom. The molecule has 1 aliphatic carbocycles. The summed E-state index contributed by atoms with van der Waals surface area (Å²) >= 11 is 0. The van der Waals surface area contributed by atoms with E-state index in [0.717, 1.165) is 44.2 Å². The maximum atomic E-state index is 5.27. The van der Waals surface area contributed by atoms with Gasteiger partial charge >= 0.3 is 0 Å². The second-order valence-electron chi connectivity index (χ2n) is 7.57. The molecule has 0 amide bonds. The summed E-state index contributed by atoms with van der Waals surface area (Å²) in [4.78, 5) is 5.00. The Labute approximate surface area is 161 Å². The van der Waals surface area contributed by atoms with Crippen LogP contribution in [0.4, 0.5) is 5.69 Å². The van der Waals surface area contributed by atoms with Gasteiger partial charge in [0, 0.05) is 31.9 Å². The summed E-state index contributed by atoms with van der Waals surface area (Å²) in [6.07, 6.45) is 6.04. The molecule has 1 aromatic carbocycles. The summed E-state index contributed by atoms with van der Waals surface area (Å²) in [6, 6.07) is 9.15. The summed E-state index contributed by atoms with van der Waals surface area (Å²) < 4.78 is 7.39. The average molecular weight is 371 g/mol. The lowest BCUT2D eigenvalue weighted by atomic mass is 10.1. The average Bonchev–Trinajstić information content (AvgIpc) is 3.41. The zero-order valence-corrected chi connectivity index (χ0v) is 16.4. The van der Waals surface area contributed by atoms with E-state index in [0.29, 0.717) is 12.1 Å². The van der Waals surface area contributed by atoms with Gasteiger partial charge in [-0.2, -0.15) is 0 Å². The van der Waals surface area contributed by atoms with E-state index in [1.54, 1.807) is 7.11 Å². The molecule has 7 nitrogen and oxygen atoms in total. The molecule has 7 heteroatoms. The summed E-state index contributed by atoms with van der Waals surface area (Å²) in [5.41, 5.74) is 1.26. The van der Waals surface area contributed by atoms with E-state index in [4.69, 9.17) is 4.74 Å². The second-order valence-corrected chi connectivity index (χ2v) is 7.57. The number of hydrogen-bond donors (Lipinski definition) is 0. The smallest absolute Gasteiger partial charge is 0.168 e. The van der Waals surface area contributed by atoms with Crippen LogP contribution in [0.15, 0.2) is 24.3 Å². The van der Waals surface area contributed by atoms with Crippen LogP contribution in [-0.2, 0) is 0 Å². The highest BCUT2D eigenvalue weighted by Gasteiger charge is 2.30. The van der Waals surface area contributed by atoms with Gasteiger partial charge in [0.2, 0.25) is 0 Å². The van der Waals surface area contributed by atoms with Crippen molar-refractivity contribution >= 4 is 5.69 Å². The third-order valence-electron chi connectivity index (χ3n) is 6.07. The zero-order valence-electron chi connectivity index (χ0n) is 16.4. The van der Waals surface area contributed by atoms with Gasteiger partial charge in [-0.1, -0.05) is 19.8 Å². The van der Waals surface area contributed by atoms with Gasteiger partial charge in [0.25, 0.3) is 0 Å². The van der Waals surface area contributed by atoms with E-state index in [-0.39, 0.29) is 0 Å². The lowest BCUT2D eigenvalue weighted by molar-refractivity contribution is 0.166. The first-order valence-corrected chi connectivity index (χ1v) is 10.2. The molecule has 4 rings (SSSR count). The number of methoxy groups -OCH3 is 1. The van der Waals surface area contributed by atoms with E-state index in [9.17, 15) is 0 Å². The van der Waals surface area contributed by atoms with Gasteiger partial charge in [-0.05, 0) is 54.0 Å². The molecule has 0 N–H and O–H groups in total. The van der Waals surface area contributed by atoms with Crippen LogP contribution in [0.25, 0.3) is 0 Å². The fourth-order valence-electron chi connectivity index (χ4n) is 4.52. The van der Waals surface area contributed by atoms with Crippen molar-refractivity contribution in [2.75, 3.05) is 38.2 Å². The van der Waals surface area contributed by atoms with E-state index < -0.39 is 0 Å². The van der Waals surface area contributed by atoms with Crippen molar-refractivity contribution in [2.24, 2.45) is 0 Å². The molecular weight excluding hydrogens is 340 g/mol. The van der Waals surface area contributed by atoms with Crippen molar-refractivity contribution < 1.29 is 4.74 Å². The Morgan fingerprint density at radius 2 is 1.78 bits per heavy atom. The fraction of sp³-hybridized carbons (Fsp3) is 0.650. The van der Waals surface area contributed by atoms with Crippen molar-refractivity contribution in [1.82, 2.24) is 25.1 Å². The topological polar surface area (TPSA) is 59.3 Å². The molecule has 0 spiro atoms. The van der Waals surface area contributed by atoms with Gasteiger partial charge < -0.3 is 9.64 Å². The lowest BCUT2D eigenvalue weighted by Gasteiger charge is -2.39. The predicted molar refractivity (Wildman–Crippen MR) is 105 cm³/mol. The van der Waals surface area contributed by atoms with Crippen molar-refractivity contribution in [3.63, 3.8) is 0 Å². The highest BCUT2D eigenvalue weighted by Crippen LogP contribution is 2.33. The minimum absolute atomic E-state index is 0.304. The number of nitrogens with zero attached hydrogens (tertiary/aromatic N) is 6. The number of piperazine rings is 1. The number of aromatic nitrogens is 4. The molecule has 2 aliphatic rings. The molecule has 1 aliphatic heterocycles. The Balaban J connectivity index is 1.42. The highest BCUT2D eigenvalue weighted by atomic mass is 16.5. The van der Waals surface area contributed by atoms with E-state index in [2.05, 4.69) is 49.1 Å². The van der Waals surface area contributed by atoms with Crippen molar-refractivity contribution in [1.29, 1.82) is 0 Å². The number of hydrogen-bond acceptors (Lipinski definition) is 6. The van der Waals surface area contributed by atoms with Gasteiger partial charge in [0.15, 0.2) is 5.82 Å². The number of rotatable bonds is 6. The van der Waals surface area contributed by atoms with Crippen LogP contribution in [0, 0.1) is 0 Å². The van der Waals surface area contributed by atoms with E-state index in [1.807, 2.05) is 12.1 Å². The first-order chi connectivity index (χ1) is 13.3. The van der Waals surface area contributed by atoms with Crippen LogP contribution in [0.5, 0.6) is 5.75 Å². The lowest BCUT2D eigenvalue weighted by Crippen LogP contribution is -2.48. The molecule has 146 valence electrons. The normalized spacial score (nSPS) is 20.1. The quantitative estimate of drug-likeness (QED) is 0.779. The van der Waals surface area contributed by atoms with Gasteiger partial charge in [0.05, 0.1) is 19.2 Å². The summed E-state index contributed by atoms with van der Waals surface area (Å²) in [5, 5.41) is 12.8. The molecule has 1 saturated heterocycles. The van der Waals surface area contributed by atoms with Crippen molar-refractivity contribution in [3.05, 3.63) is 30.1 Å². The maximum Gasteiger partial charge on any atom is 0.168 e. The fourth-order valence-corrected chi connectivity index (χ4v) is 4.52. The molecule has 1 aromatic heterocycles. The number of anilines is 1. The molecule has 1 atom stereocenters. The SMILES string of the molecule is CCC(c1nnnn1C1CCCC1)N1CCN(c2ccc(OC)cc2)CC1. The van der Waals surface area contributed by atoms with Gasteiger partial charge in [-0.15, -0.1) is 5.10 Å². The molecule has 2 aromatic rings. The van der Waals surface area contributed by atoms with E-state index >= 15 is 0 Å². The van der Waals surface area contributed by atoms with Crippen LogP contribution >= 0.6 is 0 Å². The largest absolute Gasteiger partial charge is 0.497 e. The Kier molecular flexibility index (Phi) is 5.57. The van der Waals surface area contributed by atoms with Gasteiger partial charge in [-0.3, -0.25) is 4.90 Å². The summed E-state index contributed by atoms with van der Waals surface area (Å²) in [5.74, 6) is 1.96.